The maximum absolute atomic E-state index is 6.07. The van der Waals surface area contributed by atoms with Crippen molar-refractivity contribution in [2.24, 2.45) is 17.1 Å². The van der Waals surface area contributed by atoms with Crippen LogP contribution in [0.2, 0.25) is 0 Å². The minimum absolute atomic E-state index is 0.302. The van der Waals surface area contributed by atoms with E-state index in [0.717, 1.165) is 23.8 Å². The summed E-state index contributed by atoms with van der Waals surface area (Å²) in [7, 11) is 0. The molecule has 0 bridgehead atoms. The molecule has 2 N–H and O–H groups in total. The van der Waals surface area contributed by atoms with Crippen LogP contribution in [0.5, 0.6) is 0 Å². The molecule has 0 aromatic carbocycles. The van der Waals surface area contributed by atoms with Crippen LogP contribution in [0.15, 0.2) is 17.8 Å². The smallest absolute Gasteiger partial charge is 0.193 e. The van der Waals surface area contributed by atoms with Crippen LogP contribution in [0, 0.1) is 11.3 Å². The van der Waals surface area contributed by atoms with E-state index < -0.39 is 0 Å². The fourth-order valence-corrected chi connectivity index (χ4v) is 3.79. The maximum Gasteiger partial charge on any atom is 0.193 e. The molecule has 0 unspecified atom stereocenters. The van der Waals surface area contributed by atoms with Gasteiger partial charge in [0.05, 0.1) is 5.69 Å². The van der Waals surface area contributed by atoms with Gasteiger partial charge in [0, 0.05) is 17.8 Å². The third kappa shape index (κ3) is 2.19. The number of hydrogen-bond acceptors (Lipinski definition) is 3. The lowest BCUT2D eigenvalue weighted by Gasteiger charge is -2.38. The Morgan fingerprint density at radius 1 is 1.50 bits per heavy atom. The molecule has 3 rings (SSSR count). The summed E-state index contributed by atoms with van der Waals surface area (Å²) in [5.41, 5.74) is 7.58. The van der Waals surface area contributed by atoms with Crippen LogP contribution >= 0.6 is 11.3 Å². The Balaban J connectivity index is 1.79. The SMILES string of the molecule is CC1CCC(CN)(Cc2cn3ccsc3n2)CC1. The number of aromatic nitrogens is 2. The number of nitrogens with two attached hydrogens (primary N) is 1. The van der Waals surface area contributed by atoms with Gasteiger partial charge in [0.2, 0.25) is 0 Å². The average Bonchev–Trinajstić information content (AvgIpc) is 2.93. The van der Waals surface area contributed by atoms with Gasteiger partial charge in [-0.2, -0.15) is 0 Å². The summed E-state index contributed by atoms with van der Waals surface area (Å²) in [4.78, 5) is 5.80. The molecule has 0 spiro atoms. The van der Waals surface area contributed by atoms with E-state index in [2.05, 4.69) is 29.1 Å². The molecule has 0 amide bonds. The topological polar surface area (TPSA) is 43.3 Å². The first kappa shape index (κ1) is 12.2. The van der Waals surface area contributed by atoms with E-state index in [9.17, 15) is 0 Å². The summed E-state index contributed by atoms with van der Waals surface area (Å²) in [6.45, 7) is 3.15. The lowest BCUT2D eigenvalue weighted by Crippen LogP contribution is -2.36. The van der Waals surface area contributed by atoms with Crippen LogP contribution in [0.3, 0.4) is 0 Å². The molecule has 2 aromatic heterocycles. The van der Waals surface area contributed by atoms with Gasteiger partial charge in [0.15, 0.2) is 4.96 Å². The van der Waals surface area contributed by atoms with Crippen molar-refractivity contribution in [3.8, 4) is 0 Å². The molecular formula is C14H21N3S. The third-order valence-corrected chi connectivity index (χ3v) is 5.24. The van der Waals surface area contributed by atoms with E-state index in [0.29, 0.717) is 5.41 Å². The van der Waals surface area contributed by atoms with Gasteiger partial charge < -0.3 is 5.73 Å². The van der Waals surface area contributed by atoms with Crippen LogP contribution in [0.4, 0.5) is 0 Å². The first-order valence-electron chi connectivity index (χ1n) is 6.82. The largest absolute Gasteiger partial charge is 0.330 e. The minimum Gasteiger partial charge on any atom is -0.330 e. The summed E-state index contributed by atoms with van der Waals surface area (Å²) in [6.07, 6.45) is 10.4. The van der Waals surface area contributed by atoms with Crippen LogP contribution in [0.25, 0.3) is 4.96 Å². The molecule has 4 heteroatoms. The summed E-state index contributed by atoms with van der Waals surface area (Å²) in [6, 6.07) is 0. The average molecular weight is 263 g/mol. The van der Waals surface area contributed by atoms with Crippen molar-refractivity contribution >= 4 is 16.3 Å². The van der Waals surface area contributed by atoms with Crippen LogP contribution < -0.4 is 5.73 Å². The fourth-order valence-electron chi connectivity index (χ4n) is 3.07. The van der Waals surface area contributed by atoms with Crippen molar-refractivity contribution in [2.45, 2.75) is 39.0 Å². The minimum atomic E-state index is 0.302. The number of fused-ring (bicyclic) bond motifs is 1. The normalized spacial score (nSPS) is 28.9. The Bertz CT molecular complexity index is 491. The Morgan fingerprint density at radius 2 is 2.28 bits per heavy atom. The van der Waals surface area contributed by atoms with E-state index in [1.165, 1.54) is 31.4 Å². The molecule has 3 nitrogen and oxygen atoms in total. The molecule has 1 aliphatic carbocycles. The van der Waals surface area contributed by atoms with E-state index in [1.54, 1.807) is 11.3 Å². The number of thiazole rings is 1. The fraction of sp³-hybridized carbons (Fsp3) is 0.643. The van der Waals surface area contributed by atoms with Crippen LogP contribution in [-0.4, -0.2) is 15.9 Å². The monoisotopic (exact) mass is 263 g/mol. The van der Waals surface area contributed by atoms with Gasteiger partial charge in [0.1, 0.15) is 0 Å². The molecule has 98 valence electrons. The Hall–Kier alpha value is -0.870. The maximum atomic E-state index is 6.07. The lowest BCUT2D eigenvalue weighted by molar-refractivity contribution is 0.162. The molecule has 0 saturated heterocycles. The molecule has 2 heterocycles. The van der Waals surface area contributed by atoms with Gasteiger partial charge in [-0.1, -0.05) is 19.8 Å². The number of hydrogen-bond donors (Lipinski definition) is 1. The van der Waals surface area contributed by atoms with Crippen molar-refractivity contribution in [3.05, 3.63) is 23.5 Å². The molecule has 18 heavy (non-hydrogen) atoms. The van der Waals surface area contributed by atoms with Crippen molar-refractivity contribution in [1.29, 1.82) is 0 Å². The zero-order valence-electron chi connectivity index (χ0n) is 10.9. The van der Waals surface area contributed by atoms with Crippen molar-refractivity contribution in [1.82, 2.24) is 9.38 Å². The van der Waals surface area contributed by atoms with Gasteiger partial charge in [0.25, 0.3) is 0 Å². The molecule has 0 atom stereocenters. The molecule has 2 aromatic rings. The van der Waals surface area contributed by atoms with Gasteiger partial charge >= 0.3 is 0 Å². The summed E-state index contributed by atoms with van der Waals surface area (Å²) in [5, 5.41) is 2.08. The van der Waals surface area contributed by atoms with Gasteiger partial charge in [-0.15, -0.1) is 11.3 Å². The molecule has 1 saturated carbocycles. The first-order valence-corrected chi connectivity index (χ1v) is 7.70. The van der Waals surface area contributed by atoms with Crippen molar-refractivity contribution < 1.29 is 0 Å². The number of rotatable bonds is 3. The van der Waals surface area contributed by atoms with E-state index in [-0.39, 0.29) is 0 Å². The zero-order chi connectivity index (χ0) is 12.6. The zero-order valence-corrected chi connectivity index (χ0v) is 11.7. The van der Waals surface area contributed by atoms with E-state index >= 15 is 0 Å². The predicted octanol–water partition coefficient (Wildman–Crippen LogP) is 3.09. The predicted molar refractivity (Wildman–Crippen MR) is 75.9 cm³/mol. The molecular weight excluding hydrogens is 242 g/mol. The quantitative estimate of drug-likeness (QED) is 0.924. The highest BCUT2D eigenvalue weighted by molar-refractivity contribution is 7.15. The highest BCUT2D eigenvalue weighted by Crippen LogP contribution is 2.40. The van der Waals surface area contributed by atoms with E-state index in [4.69, 9.17) is 10.7 Å². The van der Waals surface area contributed by atoms with E-state index in [1.807, 2.05) is 0 Å². The molecule has 1 aliphatic rings. The van der Waals surface area contributed by atoms with Crippen LogP contribution in [-0.2, 0) is 6.42 Å². The third-order valence-electron chi connectivity index (χ3n) is 4.47. The molecule has 0 aliphatic heterocycles. The van der Waals surface area contributed by atoms with Gasteiger partial charge in [-0.25, -0.2) is 4.98 Å². The second kappa shape index (κ2) is 4.67. The van der Waals surface area contributed by atoms with Crippen molar-refractivity contribution in [2.75, 3.05) is 6.54 Å². The Labute approximate surface area is 112 Å². The molecule has 1 fully saturated rings. The summed E-state index contributed by atoms with van der Waals surface area (Å²) in [5.74, 6) is 0.871. The second-order valence-electron chi connectivity index (χ2n) is 5.89. The standard InChI is InChI=1S/C14H21N3S/c1-11-2-4-14(10-15,5-3-11)8-12-9-17-6-7-18-13(17)16-12/h6-7,9,11H,2-5,8,10,15H2,1H3. The Kier molecular flexibility index (Phi) is 3.16. The summed E-state index contributed by atoms with van der Waals surface area (Å²) >= 11 is 1.70. The Morgan fingerprint density at radius 3 is 2.94 bits per heavy atom. The second-order valence-corrected chi connectivity index (χ2v) is 6.76. The van der Waals surface area contributed by atoms with Crippen molar-refractivity contribution in [3.63, 3.8) is 0 Å². The summed E-state index contributed by atoms with van der Waals surface area (Å²) < 4.78 is 2.12. The highest BCUT2D eigenvalue weighted by atomic mass is 32.1. The van der Waals surface area contributed by atoms with Gasteiger partial charge in [-0.05, 0) is 37.1 Å². The van der Waals surface area contributed by atoms with Crippen LogP contribution in [0.1, 0.15) is 38.3 Å². The van der Waals surface area contributed by atoms with Gasteiger partial charge in [-0.3, -0.25) is 4.40 Å². The highest BCUT2D eigenvalue weighted by Gasteiger charge is 2.33. The molecule has 0 radical (unpaired) electrons. The number of nitrogens with zero attached hydrogens (tertiary/aromatic N) is 2. The lowest BCUT2D eigenvalue weighted by atomic mass is 9.68. The number of imidazole rings is 1. The first-order chi connectivity index (χ1) is 8.71.